The van der Waals surface area contributed by atoms with Crippen molar-refractivity contribution in [1.82, 2.24) is 9.88 Å². The molecule has 1 fully saturated rings. The van der Waals surface area contributed by atoms with Crippen LogP contribution in [-0.4, -0.2) is 40.1 Å². The number of carbonyl (C=O) groups excluding carboxylic acids is 1. The third-order valence-corrected chi connectivity index (χ3v) is 3.64. The molecule has 1 amide bonds. The monoisotopic (exact) mass is 320 g/mol. The zero-order valence-electron chi connectivity index (χ0n) is 12.4. The molecule has 1 saturated heterocycles. The van der Waals surface area contributed by atoms with Gasteiger partial charge in [0, 0.05) is 13.1 Å². The number of ether oxygens (including phenoxy) is 1. The van der Waals surface area contributed by atoms with Crippen LogP contribution in [0, 0.1) is 5.82 Å². The summed E-state index contributed by atoms with van der Waals surface area (Å²) in [5.41, 5.74) is 0.159. The van der Waals surface area contributed by atoms with Crippen molar-refractivity contribution in [2.45, 2.75) is 25.6 Å². The number of oxazole rings is 1. The Hall–Kier alpha value is -2.41. The molecule has 0 spiro atoms. The molecule has 1 aliphatic rings. The Labute approximate surface area is 132 Å². The number of halogens is 1. The molecule has 122 valence electrons. The van der Waals surface area contributed by atoms with E-state index < -0.39 is 11.9 Å². The van der Waals surface area contributed by atoms with Gasteiger partial charge < -0.3 is 19.2 Å². The number of rotatable bonds is 4. The van der Waals surface area contributed by atoms with Gasteiger partial charge in [0.05, 0.1) is 6.10 Å². The Bertz CT molecular complexity index is 688. The van der Waals surface area contributed by atoms with Crippen molar-refractivity contribution in [1.29, 1.82) is 0 Å². The van der Waals surface area contributed by atoms with Gasteiger partial charge in [0.25, 0.3) is 5.91 Å². The number of likely N-dealkylation sites (tertiary alicyclic amines) is 1. The fourth-order valence-electron chi connectivity index (χ4n) is 2.48. The van der Waals surface area contributed by atoms with Crippen molar-refractivity contribution >= 4 is 5.91 Å². The zero-order valence-corrected chi connectivity index (χ0v) is 12.4. The van der Waals surface area contributed by atoms with Gasteiger partial charge in [0.15, 0.2) is 23.9 Å². The molecule has 1 atom stereocenters. The van der Waals surface area contributed by atoms with Gasteiger partial charge in [-0.1, -0.05) is 12.1 Å². The lowest BCUT2D eigenvalue weighted by atomic mass is 10.1. The standard InChI is InChI=1S/C16H17FN2O4/c17-12-5-1-2-6-14(12)22-10-15-18-13(9-23-15)16(21)19-7-3-4-11(20)8-19/h1-2,5-6,9,11,20H,3-4,7-8,10H2/t11-/m1/s1. The highest BCUT2D eigenvalue weighted by molar-refractivity contribution is 5.92. The van der Waals surface area contributed by atoms with Crippen LogP contribution in [-0.2, 0) is 6.61 Å². The maximum Gasteiger partial charge on any atom is 0.275 e. The summed E-state index contributed by atoms with van der Waals surface area (Å²) >= 11 is 0. The largest absolute Gasteiger partial charge is 0.481 e. The summed E-state index contributed by atoms with van der Waals surface area (Å²) in [7, 11) is 0. The smallest absolute Gasteiger partial charge is 0.275 e. The molecule has 2 heterocycles. The van der Waals surface area contributed by atoms with E-state index in [9.17, 15) is 14.3 Å². The summed E-state index contributed by atoms with van der Waals surface area (Å²) in [6.07, 6.45) is 2.21. The number of nitrogens with zero attached hydrogens (tertiary/aromatic N) is 2. The van der Waals surface area contributed by atoms with E-state index in [2.05, 4.69) is 4.98 Å². The molecule has 0 bridgehead atoms. The van der Waals surface area contributed by atoms with E-state index in [1.54, 1.807) is 17.0 Å². The minimum absolute atomic E-state index is 0.0726. The quantitative estimate of drug-likeness (QED) is 0.932. The van der Waals surface area contributed by atoms with Crippen LogP contribution in [0.15, 0.2) is 34.9 Å². The van der Waals surface area contributed by atoms with Crippen LogP contribution >= 0.6 is 0 Å². The fraction of sp³-hybridized carbons (Fsp3) is 0.375. The number of β-amino-alcohol motifs (C(OH)–C–C–N with tert-alkyl or cyclic N) is 1. The molecule has 0 radical (unpaired) electrons. The van der Waals surface area contributed by atoms with E-state index in [1.165, 1.54) is 18.4 Å². The summed E-state index contributed by atoms with van der Waals surface area (Å²) in [6.45, 7) is 0.813. The number of para-hydroxylation sites is 1. The lowest BCUT2D eigenvalue weighted by molar-refractivity contribution is 0.0469. The van der Waals surface area contributed by atoms with Crippen LogP contribution in [0.3, 0.4) is 0 Å². The number of carbonyl (C=O) groups is 1. The highest BCUT2D eigenvalue weighted by atomic mass is 19.1. The maximum atomic E-state index is 13.4. The first kappa shape index (κ1) is 15.5. The summed E-state index contributed by atoms with van der Waals surface area (Å²) in [6, 6.07) is 6.02. The number of amides is 1. The molecule has 0 unspecified atom stereocenters. The third kappa shape index (κ3) is 3.68. The predicted octanol–water partition coefficient (Wildman–Crippen LogP) is 1.99. The van der Waals surface area contributed by atoms with Crippen LogP contribution in [0.4, 0.5) is 4.39 Å². The molecule has 0 aliphatic carbocycles. The number of aliphatic hydroxyl groups excluding tert-OH is 1. The molecule has 1 N–H and O–H groups in total. The molecule has 1 aromatic heterocycles. The first-order valence-corrected chi connectivity index (χ1v) is 7.42. The SMILES string of the molecule is O=C(c1coc(COc2ccccc2F)n1)N1CCC[C@@H](O)C1. The van der Waals surface area contributed by atoms with Crippen molar-refractivity contribution in [3.63, 3.8) is 0 Å². The molecular formula is C16H17FN2O4. The van der Waals surface area contributed by atoms with Crippen molar-refractivity contribution in [3.05, 3.63) is 47.9 Å². The van der Waals surface area contributed by atoms with Crippen LogP contribution in [0.1, 0.15) is 29.2 Å². The Morgan fingerprint density at radius 2 is 2.30 bits per heavy atom. The van der Waals surface area contributed by atoms with Crippen molar-refractivity contribution in [2.75, 3.05) is 13.1 Å². The third-order valence-electron chi connectivity index (χ3n) is 3.64. The van der Waals surface area contributed by atoms with E-state index in [4.69, 9.17) is 9.15 Å². The average Bonchev–Trinajstić information content (AvgIpc) is 3.02. The second kappa shape index (κ2) is 6.78. The highest BCUT2D eigenvalue weighted by Gasteiger charge is 2.25. The summed E-state index contributed by atoms with van der Waals surface area (Å²) in [5, 5.41) is 9.62. The lowest BCUT2D eigenvalue weighted by Gasteiger charge is -2.29. The normalized spacial score (nSPS) is 18.0. The molecular weight excluding hydrogens is 303 g/mol. The minimum atomic E-state index is -0.497. The van der Waals surface area contributed by atoms with Gasteiger partial charge in [-0.3, -0.25) is 4.79 Å². The van der Waals surface area contributed by atoms with E-state index in [-0.39, 0.29) is 29.8 Å². The van der Waals surface area contributed by atoms with Crippen LogP contribution < -0.4 is 4.74 Å². The molecule has 0 saturated carbocycles. The second-order valence-electron chi connectivity index (χ2n) is 5.39. The molecule has 7 heteroatoms. The van der Waals surface area contributed by atoms with Crippen molar-refractivity contribution < 1.29 is 23.4 Å². The Kier molecular flexibility index (Phi) is 4.57. The van der Waals surface area contributed by atoms with E-state index in [0.717, 1.165) is 6.42 Å². The molecule has 1 aromatic carbocycles. The lowest BCUT2D eigenvalue weighted by Crippen LogP contribution is -2.42. The van der Waals surface area contributed by atoms with Crippen molar-refractivity contribution in [3.8, 4) is 5.75 Å². The van der Waals surface area contributed by atoms with Gasteiger partial charge >= 0.3 is 0 Å². The van der Waals surface area contributed by atoms with Gasteiger partial charge in [-0.2, -0.15) is 0 Å². The maximum absolute atomic E-state index is 13.4. The van der Waals surface area contributed by atoms with Gasteiger partial charge in [0.2, 0.25) is 5.89 Å². The Morgan fingerprint density at radius 3 is 3.09 bits per heavy atom. The average molecular weight is 320 g/mol. The molecule has 2 aromatic rings. The zero-order chi connectivity index (χ0) is 16.2. The summed E-state index contributed by atoms with van der Waals surface area (Å²) < 4.78 is 23.9. The molecule has 3 rings (SSSR count). The van der Waals surface area contributed by atoms with Gasteiger partial charge in [-0.25, -0.2) is 9.37 Å². The highest BCUT2D eigenvalue weighted by Crippen LogP contribution is 2.18. The predicted molar refractivity (Wildman–Crippen MR) is 78.4 cm³/mol. The van der Waals surface area contributed by atoms with Crippen LogP contribution in [0.5, 0.6) is 5.75 Å². The Balaban J connectivity index is 1.61. The molecule has 23 heavy (non-hydrogen) atoms. The molecule has 6 nitrogen and oxygen atoms in total. The molecule has 1 aliphatic heterocycles. The van der Waals surface area contributed by atoms with Crippen LogP contribution in [0.25, 0.3) is 0 Å². The summed E-state index contributed by atoms with van der Waals surface area (Å²) in [5.74, 6) is -0.478. The van der Waals surface area contributed by atoms with E-state index in [0.29, 0.717) is 19.5 Å². The van der Waals surface area contributed by atoms with Gasteiger partial charge in [-0.15, -0.1) is 0 Å². The number of hydrogen-bond donors (Lipinski definition) is 1. The topological polar surface area (TPSA) is 75.8 Å². The van der Waals surface area contributed by atoms with Gasteiger partial charge in [0.1, 0.15) is 6.26 Å². The second-order valence-corrected chi connectivity index (χ2v) is 5.39. The fourth-order valence-corrected chi connectivity index (χ4v) is 2.48. The van der Waals surface area contributed by atoms with E-state index in [1.807, 2.05) is 0 Å². The first-order valence-electron chi connectivity index (χ1n) is 7.42. The number of aliphatic hydroxyl groups is 1. The first-order chi connectivity index (χ1) is 11.1. The minimum Gasteiger partial charge on any atom is -0.481 e. The Morgan fingerprint density at radius 1 is 1.48 bits per heavy atom. The number of hydrogen-bond acceptors (Lipinski definition) is 5. The van der Waals surface area contributed by atoms with Crippen LogP contribution in [0.2, 0.25) is 0 Å². The van der Waals surface area contributed by atoms with E-state index >= 15 is 0 Å². The van der Waals surface area contributed by atoms with Gasteiger partial charge in [-0.05, 0) is 25.0 Å². The number of piperidine rings is 1. The van der Waals surface area contributed by atoms with Crippen molar-refractivity contribution in [2.24, 2.45) is 0 Å². The number of aromatic nitrogens is 1. The summed E-state index contributed by atoms with van der Waals surface area (Å²) in [4.78, 5) is 17.9. The number of benzene rings is 1.